The second-order valence-corrected chi connectivity index (χ2v) is 3.43. The topological polar surface area (TPSA) is 63.3 Å². The van der Waals surface area contributed by atoms with Crippen molar-refractivity contribution in [1.29, 1.82) is 0 Å². The predicted molar refractivity (Wildman–Crippen MR) is 58.3 cm³/mol. The summed E-state index contributed by atoms with van der Waals surface area (Å²) in [5.41, 5.74) is 1.97. The van der Waals surface area contributed by atoms with E-state index in [0.29, 0.717) is 5.76 Å². The summed E-state index contributed by atoms with van der Waals surface area (Å²) in [6.45, 7) is 2.04. The van der Waals surface area contributed by atoms with Crippen LogP contribution in [0.25, 0.3) is 11.3 Å². The Balaban J connectivity index is 2.50. The van der Waals surface area contributed by atoms with Crippen molar-refractivity contribution in [2.45, 2.75) is 13.3 Å². The van der Waals surface area contributed by atoms with Crippen molar-refractivity contribution in [3.05, 3.63) is 41.6 Å². The van der Waals surface area contributed by atoms with Crippen molar-refractivity contribution in [2.24, 2.45) is 0 Å². The van der Waals surface area contributed by atoms with Gasteiger partial charge >= 0.3 is 5.97 Å². The van der Waals surface area contributed by atoms with Crippen molar-refractivity contribution in [2.75, 3.05) is 0 Å². The number of rotatable bonds is 3. The largest absolute Gasteiger partial charge is 0.477 e. The summed E-state index contributed by atoms with van der Waals surface area (Å²) in [7, 11) is 0. The van der Waals surface area contributed by atoms with Gasteiger partial charge in [0.1, 0.15) is 5.56 Å². The van der Waals surface area contributed by atoms with Gasteiger partial charge in [0.05, 0.1) is 6.20 Å². The minimum Gasteiger partial charge on any atom is -0.477 e. The molecule has 0 unspecified atom stereocenters. The Hall–Kier alpha value is -2.10. The van der Waals surface area contributed by atoms with E-state index in [1.54, 1.807) is 0 Å². The molecule has 0 saturated heterocycles. The van der Waals surface area contributed by atoms with Gasteiger partial charge in [-0.05, 0) is 18.1 Å². The summed E-state index contributed by atoms with van der Waals surface area (Å²) < 4.78 is 4.98. The standard InChI is InChI=1S/C12H11NO3/c1-2-8-4-3-5-9(6-8)11-10(12(14)15)7-13-16-11/h3-7H,2H2,1H3,(H,14,15). The molecule has 0 atom stereocenters. The summed E-state index contributed by atoms with van der Waals surface area (Å²) in [6.07, 6.45) is 2.11. The molecule has 0 radical (unpaired) electrons. The van der Waals surface area contributed by atoms with Crippen LogP contribution in [0.1, 0.15) is 22.8 Å². The Morgan fingerprint density at radius 3 is 3.00 bits per heavy atom. The van der Waals surface area contributed by atoms with Gasteiger partial charge in [-0.3, -0.25) is 0 Å². The summed E-state index contributed by atoms with van der Waals surface area (Å²) in [5, 5.41) is 12.5. The van der Waals surface area contributed by atoms with Gasteiger partial charge in [-0.25, -0.2) is 4.79 Å². The lowest BCUT2D eigenvalue weighted by molar-refractivity contribution is 0.0697. The van der Waals surface area contributed by atoms with Crippen molar-refractivity contribution in [3.63, 3.8) is 0 Å². The van der Waals surface area contributed by atoms with E-state index < -0.39 is 5.97 Å². The highest BCUT2D eigenvalue weighted by molar-refractivity contribution is 5.93. The third kappa shape index (κ3) is 1.82. The first-order chi connectivity index (χ1) is 7.72. The van der Waals surface area contributed by atoms with Crippen LogP contribution in [0.2, 0.25) is 0 Å². The van der Waals surface area contributed by atoms with Gasteiger partial charge in [-0.2, -0.15) is 0 Å². The number of carboxylic acid groups (broad SMARTS) is 1. The Morgan fingerprint density at radius 1 is 1.50 bits per heavy atom. The summed E-state index contributed by atoms with van der Waals surface area (Å²) >= 11 is 0. The molecule has 82 valence electrons. The van der Waals surface area contributed by atoms with Gasteiger partial charge in [0, 0.05) is 5.56 Å². The molecule has 1 aromatic carbocycles. The molecule has 0 aliphatic heterocycles. The quantitative estimate of drug-likeness (QED) is 0.858. The maximum atomic E-state index is 10.9. The van der Waals surface area contributed by atoms with E-state index in [1.165, 1.54) is 6.20 Å². The van der Waals surface area contributed by atoms with Crippen LogP contribution >= 0.6 is 0 Å². The highest BCUT2D eigenvalue weighted by Crippen LogP contribution is 2.24. The summed E-state index contributed by atoms with van der Waals surface area (Å²) in [5.74, 6) is -0.721. The van der Waals surface area contributed by atoms with Crippen LogP contribution in [0.3, 0.4) is 0 Å². The SMILES string of the molecule is CCc1cccc(-c2oncc2C(=O)O)c1. The van der Waals surface area contributed by atoms with E-state index in [-0.39, 0.29) is 5.56 Å². The van der Waals surface area contributed by atoms with E-state index in [0.717, 1.165) is 17.5 Å². The number of nitrogens with zero attached hydrogens (tertiary/aromatic N) is 1. The van der Waals surface area contributed by atoms with E-state index >= 15 is 0 Å². The van der Waals surface area contributed by atoms with Crippen LogP contribution in [0.4, 0.5) is 0 Å². The number of carbonyl (C=O) groups is 1. The molecule has 1 N–H and O–H groups in total. The zero-order chi connectivity index (χ0) is 11.5. The molecule has 1 heterocycles. The van der Waals surface area contributed by atoms with E-state index in [2.05, 4.69) is 5.16 Å². The fraction of sp³-hybridized carbons (Fsp3) is 0.167. The van der Waals surface area contributed by atoms with Crippen molar-refractivity contribution in [1.82, 2.24) is 5.16 Å². The molecule has 0 amide bonds. The van der Waals surface area contributed by atoms with Crippen molar-refractivity contribution < 1.29 is 14.4 Å². The Bertz CT molecular complexity index is 516. The summed E-state index contributed by atoms with van der Waals surface area (Å²) in [6, 6.07) is 7.59. The van der Waals surface area contributed by atoms with Crippen molar-refractivity contribution in [3.8, 4) is 11.3 Å². The average Bonchev–Trinajstić information content (AvgIpc) is 2.78. The van der Waals surface area contributed by atoms with Crippen molar-refractivity contribution >= 4 is 5.97 Å². The number of carboxylic acids is 1. The minimum absolute atomic E-state index is 0.0910. The Morgan fingerprint density at radius 2 is 2.31 bits per heavy atom. The summed E-state index contributed by atoms with van der Waals surface area (Å²) in [4.78, 5) is 10.9. The minimum atomic E-state index is -1.03. The number of hydrogen-bond acceptors (Lipinski definition) is 3. The number of aryl methyl sites for hydroxylation is 1. The lowest BCUT2D eigenvalue weighted by Crippen LogP contribution is -1.96. The smallest absolute Gasteiger partial charge is 0.341 e. The molecule has 1 aromatic heterocycles. The van der Waals surface area contributed by atoms with Crippen LogP contribution in [-0.4, -0.2) is 16.2 Å². The third-order valence-corrected chi connectivity index (χ3v) is 2.40. The molecule has 4 heteroatoms. The first-order valence-corrected chi connectivity index (χ1v) is 4.99. The molecule has 0 spiro atoms. The fourth-order valence-electron chi connectivity index (χ4n) is 1.53. The Labute approximate surface area is 92.5 Å². The van der Waals surface area contributed by atoms with E-state index in [9.17, 15) is 4.79 Å². The number of aromatic carboxylic acids is 1. The molecular weight excluding hydrogens is 206 g/mol. The molecule has 0 aliphatic carbocycles. The highest BCUT2D eigenvalue weighted by Gasteiger charge is 2.16. The number of hydrogen-bond donors (Lipinski definition) is 1. The molecule has 2 rings (SSSR count). The molecule has 0 fully saturated rings. The lowest BCUT2D eigenvalue weighted by atomic mass is 10.0. The van der Waals surface area contributed by atoms with Crippen LogP contribution in [0.5, 0.6) is 0 Å². The molecule has 2 aromatic rings. The zero-order valence-electron chi connectivity index (χ0n) is 8.80. The first kappa shape index (κ1) is 10.4. The second kappa shape index (κ2) is 4.18. The monoisotopic (exact) mass is 217 g/mol. The second-order valence-electron chi connectivity index (χ2n) is 3.43. The maximum absolute atomic E-state index is 10.9. The van der Waals surface area contributed by atoms with Gasteiger partial charge in [-0.15, -0.1) is 0 Å². The maximum Gasteiger partial charge on any atom is 0.341 e. The van der Waals surface area contributed by atoms with Crippen LogP contribution in [0.15, 0.2) is 35.0 Å². The van der Waals surface area contributed by atoms with E-state index in [1.807, 2.05) is 31.2 Å². The van der Waals surface area contributed by atoms with Gasteiger partial charge in [0.2, 0.25) is 0 Å². The van der Waals surface area contributed by atoms with Gasteiger partial charge < -0.3 is 9.63 Å². The lowest BCUT2D eigenvalue weighted by Gasteiger charge is -2.00. The zero-order valence-corrected chi connectivity index (χ0v) is 8.80. The predicted octanol–water partition coefficient (Wildman–Crippen LogP) is 2.60. The van der Waals surface area contributed by atoms with Crippen LogP contribution in [0, 0.1) is 0 Å². The Kier molecular flexibility index (Phi) is 2.72. The fourth-order valence-corrected chi connectivity index (χ4v) is 1.53. The van der Waals surface area contributed by atoms with Gasteiger partial charge in [-0.1, -0.05) is 30.3 Å². The molecule has 16 heavy (non-hydrogen) atoms. The van der Waals surface area contributed by atoms with E-state index in [4.69, 9.17) is 9.63 Å². The van der Waals surface area contributed by atoms with Crippen LogP contribution < -0.4 is 0 Å². The molecular formula is C12H11NO3. The third-order valence-electron chi connectivity index (χ3n) is 2.40. The highest BCUT2D eigenvalue weighted by atomic mass is 16.5. The van der Waals surface area contributed by atoms with Gasteiger partial charge in [0.25, 0.3) is 0 Å². The number of benzene rings is 1. The molecule has 0 aliphatic rings. The van der Waals surface area contributed by atoms with Gasteiger partial charge in [0.15, 0.2) is 5.76 Å². The molecule has 0 saturated carbocycles. The molecule has 4 nitrogen and oxygen atoms in total. The normalized spacial score (nSPS) is 10.3. The molecule has 0 bridgehead atoms. The average molecular weight is 217 g/mol. The number of aromatic nitrogens is 1. The first-order valence-electron chi connectivity index (χ1n) is 4.99. The van der Waals surface area contributed by atoms with Crippen LogP contribution in [-0.2, 0) is 6.42 Å².